The summed E-state index contributed by atoms with van der Waals surface area (Å²) in [7, 11) is 0. The standard InChI is InChI=1S/C30H19Cl3F7N3O3/c31-19-4-3-16(42-28(46)25-24(29(25,32)33)14-1-5-20(35)18(11-14)30(38,39)40)13-17(19)22(44)12-15-2-6-21(36)27(26(15)37)43(10-8-34)23(45)7-9-41/h1-6,11,13,24-25H,7-8,10,12H2,(H,42,46)/t24-,25+/m0/s1. The van der Waals surface area contributed by atoms with Crippen LogP contribution in [-0.4, -0.2) is 35.2 Å². The largest absolute Gasteiger partial charge is 0.419 e. The van der Waals surface area contributed by atoms with E-state index in [9.17, 15) is 40.7 Å². The van der Waals surface area contributed by atoms with Gasteiger partial charge < -0.3 is 10.2 Å². The van der Waals surface area contributed by atoms with Crippen LogP contribution in [0.4, 0.5) is 42.1 Å². The molecule has 1 fully saturated rings. The quantitative estimate of drug-likeness (QED) is 0.132. The number of nitriles is 1. The van der Waals surface area contributed by atoms with Crippen LogP contribution in [-0.2, 0) is 22.2 Å². The van der Waals surface area contributed by atoms with Crippen LogP contribution in [0.3, 0.4) is 0 Å². The van der Waals surface area contributed by atoms with Gasteiger partial charge in [-0.3, -0.25) is 14.4 Å². The molecule has 6 nitrogen and oxygen atoms in total. The SMILES string of the molecule is N#CCC(=O)N(CCF)c1c(F)ccc(CC(=O)c2cc(NC(=O)[C@H]3[C@H](c4ccc(F)c(C(F)(F)F)c4)C3(Cl)Cl)ccc2Cl)c1F. The Bertz CT molecular complexity index is 1760. The normalized spacial score (nSPS) is 16.8. The Morgan fingerprint density at radius 2 is 1.67 bits per heavy atom. The van der Waals surface area contributed by atoms with E-state index in [2.05, 4.69) is 5.32 Å². The minimum absolute atomic E-state index is 0.0286. The highest BCUT2D eigenvalue weighted by molar-refractivity contribution is 6.53. The molecule has 3 aromatic carbocycles. The lowest BCUT2D eigenvalue weighted by atomic mass is 10.0. The van der Waals surface area contributed by atoms with Crippen LogP contribution >= 0.6 is 34.8 Å². The van der Waals surface area contributed by atoms with Crippen molar-refractivity contribution in [3.63, 3.8) is 0 Å². The van der Waals surface area contributed by atoms with Gasteiger partial charge in [-0.15, -0.1) is 23.2 Å². The molecule has 1 saturated carbocycles. The van der Waals surface area contributed by atoms with Crippen LogP contribution in [0, 0.1) is 34.7 Å². The summed E-state index contributed by atoms with van der Waals surface area (Å²) in [4.78, 5) is 38.9. The molecule has 242 valence electrons. The average molecular weight is 709 g/mol. The number of Topliss-reactive ketones (excluding diaryl/α,β-unsaturated/α-hetero) is 1. The predicted octanol–water partition coefficient (Wildman–Crippen LogP) is 7.94. The number of nitrogens with zero attached hydrogens (tertiary/aromatic N) is 2. The van der Waals surface area contributed by atoms with Crippen molar-refractivity contribution >= 4 is 63.8 Å². The average Bonchev–Trinajstić information content (AvgIpc) is 3.56. The Morgan fingerprint density at radius 3 is 2.30 bits per heavy atom. The van der Waals surface area contributed by atoms with E-state index in [0.29, 0.717) is 17.0 Å². The monoisotopic (exact) mass is 707 g/mol. The fourth-order valence-electron chi connectivity index (χ4n) is 4.90. The van der Waals surface area contributed by atoms with E-state index in [1.165, 1.54) is 18.2 Å². The van der Waals surface area contributed by atoms with Crippen LogP contribution in [0.1, 0.15) is 39.4 Å². The van der Waals surface area contributed by atoms with Crippen LogP contribution in [0.15, 0.2) is 48.5 Å². The van der Waals surface area contributed by atoms with Crippen molar-refractivity contribution in [1.82, 2.24) is 0 Å². The number of nitrogens with one attached hydrogen (secondary N) is 1. The summed E-state index contributed by atoms with van der Waals surface area (Å²) in [5.41, 5.74) is -3.29. The number of carbonyl (C=O) groups is 3. The maximum Gasteiger partial charge on any atom is 0.419 e. The van der Waals surface area contributed by atoms with E-state index < -0.39 is 100 Å². The lowest BCUT2D eigenvalue weighted by molar-refractivity contribution is -0.140. The molecule has 0 unspecified atom stereocenters. The zero-order valence-corrected chi connectivity index (χ0v) is 25.3. The summed E-state index contributed by atoms with van der Waals surface area (Å²) in [5.74, 6) is -9.26. The van der Waals surface area contributed by atoms with E-state index in [-0.39, 0.29) is 21.8 Å². The first-order valence-corrected chi connectivity index (χ1v) is 14.2. The zero-order chi connectivity index (χ0) is 34.1. The second kappa shape index (κ2) is 13.5. The first kappa shape index (κ1) is 35.0. The van der Waals surface area contributed by atoms with Crippen LogP contribution < -0.4 is 10.2 Å². The number of hydrogen-bond acceptors (Lipinski definition) is 4. The lowest BCUT2D eigenvalue weighted by Crippen LogP contribution is -2.34. The Hall–Kier alpha value is -3.86. The first-order chi connectivity index (χ1) is 21.5. The molecule has 0 aliphatic heterocycles. The molecule has 2 atom stereocenters. The van der Waals surface area contributed by atoms with Crippen LogP contribution in [0.5, 0.6) is 0 Å². The molecule has 1 N–H and O–H groups in total. The number of rotatable bonds is 10. The van der Waals surface area contributed by atoms with Crippen LogP contribution in [0.2, 0.25) is 5.02 Å². The van der Waals surface area contributed by atoms with Crippen molar-refractivity contribution in [2.24, 2.45) is 5.92 Å². The molecule has 0 bridgehead atoms. The lowest BCUT2D eigenvalue weighted by Gasteiger charge is -2.22. The predicted molar refractivity (Wildman–Crippen MR) is 155 cm³/mol. The number of amides is 2. The summed E-state index contributed by atoms with van der Waals surface area (Å²) in [6.07, 6.45) is -6.53. The van der Waals surface area contributed by atoms with Gasteiger partial charge in [0, 0.05) is 23.6 Å². The third-order valence-electron chi connectivity index (χ3n) is 7.13. The van der Waals surface area contributed by atoms with Gasteiger partial charge in [-0.2, -0.15) is 18.4 Å². The summed E-state index contributed by atoms with van der Waals surface area (Å²) in [5, 5.41) is 11.1. The highest BCUT2D eigenvalue weighted by atomic mass is 35.5. The molecule has 0 heterocycles. The molecule has 0 saturated heterocycles. The first-order valence-electron chi connectivity index (χ1n) is 13.1. The van der Waals surface area contributed by atoms with Crippen molar-refractivity contribution in [1.29, 1.82) is 5.26 Å². The zero-order valence-electron chi connectivity index (χ0n) is 23.0. The van der Waals surface area contributed by atoms with E-state index in [0.717, 1.165) is 24.3 Å². The number of carbonyl (C=O) groups excluding carboxylic acids is 3. The second-order valence-electron chi connectivity index (χ2n) is 10.1. The minimum Gasteiger partial charge on any atom is -0.326 e. The molecule has 2 amide bonds. The second-order valence-corrected chi connectivity index (χ2v) is 11.9. The van der Waals surface area contributed by atoms with E-state index in [1.807, 2.05) is 0 Å². The van der Waals surface area contributed by atoms with Crippen molar-refractivity contribution in [3.05, 3.63) is 93.3 Å². The van der Waals surface area contributed by atoms with E-state index >= 15 is 4.39 Å². The molecule has 3 aromatic rings. The molecule has 0 spiro atoms. The number of halogens is 10. The number of hydrogen-bond donors (Lipinski definition) is 1. The van der Waals surface area contributed by atoms with E-state index in [1.54, 1.807) is 0 Å². The molecule has 4 rings (SSSR count). The fraction of sp³-hybridized carbons (Fsp3) is 0.267. The molecule has 16 heteroatoms. The maximum atomic E-state index is 15.4. The van der Waals surface area contributed by atoms with Gasteiger partial charge in [0.15, 0.2) is 11.6 Å². The van der Waals surface area contributed by atoms with Gasteiger partial charge in [0.1, 0.15) is 34.8 Å². The van der Waals surface area contributed by atoms with E-state index in [4.69, 9.17) is 40.1 Å². The highest BCUT2D eigenvalue weighted by Crippen LogP contribution is 2.65. The van der Waals surface area contributed by atoms with Gasteiger partial charge in [0.25, 0.3) is 0 Å². The number of benzene rings is 3. The molecule has 1 aliphatic rings. The fourth-order valence-corrected chi connectivity index (χ4v) is 5.95. The Balaban J connectivity index is 1.55. The Kier molecular flexibility index (Phi) is 10.3. The number of alkyl halides is 6. The van der Waals surface area contributed by atoms with Gasteiger partial charge in [0.05, 0.1) is 29.1 Å². The van der Waals surface area contributed by atoms with Gasteiger partial charge in [-0.25, -0.2) is 17.6 Å². The minimum atomic E-state index is -5.01. The molecule has 46 heavy (non-hydrogen) atoms. The third-order valence-corrected chi connectivity index (χ3v) is 8.40. The smallest absolute Gasteiger partial charge is 0.326 e. The maximum absolute atomic E-state index is 15.4. The van der Waals surface area contributed by atoms with Crippen LogP contribution in [0.25, 0.3) is 0 Å². The van der Waals surface area contributed by atoms with Crippen molar-refractivity contribution < 1.29 is 45.1 Å². The molecule has 0 aromatic heterocycles. The molecular weight excluding hydrogens is 690 g/mol. The molecule has 0 radical (unpaired) electrons. The summed E-state index contributed by atoms with van der Waals surface area (Å²) < 4.78 is 94.6. The van der Waals surface area contributed by atoms with Crippen molar-refractivity contribution in [3.8, 4) is 6.07 Å². The van der Waals surface area contributed by atoms with Gasteiger partial charge in [-0.05, 0) is 47.5 Å². The molecular formula is C30H19Cl3F7N3O3. The van der Waals surface area contributed by atoms with Gasteiger partial charge in [0.2, 0.25) is 11.8 Å². The number of ketones is 1. The highest BCUT2D eigenvalue weighted by Gasteiger charge is 2.67. The molecule has 1 aliphatic carbocycles. The van der Waals surface area contributed by atoms with Crippen molar-refractivity contribution in [2.45, 2.75) is 29.3 Å². The van der Waals surface area contributed by atoms with Crippen molar-refractivity contribution in [2.75, 3.05) is 23.4 Å². The Labute approximate surface area is 271 Å². The topological polar surface area (TPSA) is 90.3 Å². The summed E-state index contributed by atoms with van der Waals surface area (Å²) in [6.45, 7) is -1.93. The Morgan fingerprint density at radius 1 is 1.00 bits per heavy atom. The van der Waals surface area contributed by atoms with Gasteiger partial charge >= 0.3 is 6.18 Å². The van der Waals surface area contributed by atoms with Gasteiger partial charge in [-0.1, -0.05) is 23.7 Å². The third kappa shape index (κ3) is 7.09. The summed E-state index contributed by atoms with van der Waals surface area (Å²) in [6, 6.07) is 8.96. The summed E-state index contributed by atoms with van der Waals surface area (Å²) >= 11 is 18.6. The number of anilines is 2.